The zero-order valence-corrected chi connectivity index (χ0v) is 12.3. The molecule has 0 saturated heterocycles. The summed E-state index contributed by atoms with van der Waals surface area (Å²) in [6.45, 7) is 5.76. The van der Waals surface area contributed by atoms with Crippen LogP contribution in [0.4, 0.5) is 16.6 Å². The quantitative estimate of drug-likeness (QED) is 0.776. The van der Waals surface area contributed by atoms with Crippen LogP contribution in [0.15, 0.2) is 18.2 Å². The van der Waals surface area contributed by atoms with Gasteiger partial charge in [-0.1, -0.05) is 6.07 Å². The minimum absolute atomic E-state index is 0.122. The van der Waals surface area contributed by atoms with Crippen molar-refractivity contribution in [3.05, 3.63) is 23.8 Å². The highest BCUT2D eigenvalue weighted by atomic mass is 16.6. The standard InChI is InChI=1S/C14H19N5O2/c1-14(2,3)21-13(20)17-7-8-4-5-9-10(6-8)18-12(16)19-11(9)15/h4-6H,7H2,1-3H3,(H,17,20)(H4,15,16,18,19). The molecule has 0 bridgehead atoms. The minimum atomic E-state index is -0.524. The molecule has 7 heteroatoms. The first-order valence-corrected chi connectivity index (χ1v) is 6.53. The number of hydrogen-bond donors (Lipinski definition) is 3. The van der Waals surface area contributed by atoms with Crippen LogP contribution in [0.25, 0.3) is 10.9 Å². The second-order valence-corrected chi connectivity index (χ2v) is 5.67. The Balaban J connectivity index is 2.11. The average Bonchev–Trinajstić information content (AvgIpc) is 2.33. The Morgan fingerprint density at radius 1 is 1.29 bits per heavy atom. The summed E-state index contributed by atoms with van der Waals surface area (Å²) in [6, 6.07) is 5.45. The van der Waals surface area contributed by atoms with E-state index >= 15 is 0 Å². The molecule has 112 valence electrons. The van der Waals surface area contributed by atoms with Gasteiger partial charge in [-0.2, -0.15) is 4.98 Å². The van der Waals surface area contributed by atoms with E-state index in [1.54, 1.807) is 12.1 Å². The fourth-order valence-corrected chi connectivity index (χ4v) is 1.82. The maximum Gasteiger partial charge on any atom is 0.407 e. The van der Waals surface area contributed by atoms with Gasteiger partial charge in [0.25, 0.3) is 0 Å². The topological polar surface area (TPSA) is 116 Å². The van der Waals surface area contributed by atoms with Crippen molar-refractivity contribution >= 4 is 28.8 Å². The Kier molecular flexibility index (Phi) is 3.84. The Bertz CT molecular complexity index is 679. The Morgan fingerprint density at radius 2 is 2.00 bits per heavy atom. The van der Waals surface area contributed by atoms with Gasteiger partial charge in [0.05, 0.1) is 5.52 Å². The molecule has 1 amide bonds. The highest BCUT2D eigenvalue weighted by Crippen LogP contribution is 2.20. The lowest BCUT2D eigenvalue weighted by Crippen LogP contribution is -2.32. The van der Waals surface area contributed by atoms with Gasteiger partial charge in [0.15, 0.2) is 0 Å². The molecule has 0 atom stereocenters. The van der Waals surface area contributed by atoms with Crippen LogP contribution in [0.3, 0.4) is 0 Å². The van der Waals surface area contributed by atoms with Crippen LogP contribution in [0.1, 0.15) is 26.3 Å². The monoisotopic (exact) mass is 289 g/mol. The fraction of sp³-hybridized carbons (Fsp3) is 0.357. The highest BCUT2D eigenvalue weighted by Gasteiger charge is 2.15. The van der Waals surface area contributed by atoms with Crippen LogP contribution < -0.4 is 16.8 Å². The van der Waals surface area contributed by atoms with E-state index in [-0.39, 0.29) is 5.95 Å². The molecule has 1 aromatic heterocycles. The van der Waals surface area contributed by atoms with Crippen molar-refractivity contribution in [2.75, 3.05) is 11.5 Å². The molecule has 7 nitrogen and oxygen atoms in total. The molecular weight excluding hydrogens is 270 g/mol. The van der Waals surface area contributed by atoms with E-state index in [0.29, 0.717) is 17.9 Å². The molecule has 21 heavy (non-hydrogen) atoms. The third-order valence-corrected chi connectivity index (χ3v) is 2.64. The summed E-state index contributed by atoms with van der Waals surface area (Å²) in [4.78, 5) is 19.6. The second kappa shape index (κ2) is 5.43. The van der Waals surface area contributed by atoms with Crippen molar-refractivity contribution in [2.24, 2.45) is 0 Å². The summed E-state index contributed by atoms with van der Waals surface area (Å²) in [5.74, 6) is 0.460. The summed E-state index contributed by atoms with van der Waals surface area (Å²) in [6.07, 6.45) is -0.468. The van der Waals surface area contributed by atoms with Crippen molar-refractivity contribution in [3.8, 4) is 0 Å². The Hall–Kier alpha value is -2.57. The summed E-state index contributed by atoms with van der Waals surface area (Å²) >= 11 is 0. The van der Waals surface area contributed by atoms with Gasteiger partial charge in [0, 0.05) is 11.9 Å². The Morgan fingerprint density at radius 3 is 2.67 bits per heavy atom. The smallest absolute Gasteiger partial charge is 0.407 e. The van der Waals surface area contributed by atoms with Crippen LogP contribution in [-0.4, -0.2) is 21.7 Å². The summed E-state index contributed by atoms with van der Waals surface area (Å²) in [7, 11) is 0. The second-order valence-electron chi connectivity index (χ2n) is 5.67. The first-order valence-electron chi connectivity index (χ1n) is 6.53. The largest absolute Gasteiger partial charge is 0.444 e. The Labute approximate surface area is 122 Å². The van der Waals surface area contributed by atoms with E-state index < -0.39 is 11.7 Å². The number of hydrogen-bond acceptors (Lipinski definition) is 6. The normalized spacial score (nSPS) is 11.4. The van der Waals surface area contributed by atoms with Crippen LogP contribution in [0.5, 0.6) is 0 Å². The van der Waals surface area contributed by atoms with Crippen LogP contribution in [0.2, 0.25) is 0 Å². The lowest BCUT2D eigenvalue weighted by molar-refractivity contribution is 0.0523. The van der Waals surface area contributed by atoms with E-state index in [2.05, 4.69) is 15.3 Å². The van der Waals surface area contributed by atoms with Crippen molar-refractivity contribution in [3.63, 3.8) is 0 Å². The average molecular weight is 289 g/mol. The van der Waals surface area contributed by atoms with Gasteiger partial charge in [-0.15, -0.1) is 0 Å². The lowest BCUT2D eigenvalue weighted by Gasteiger charge is -2.19. The molecule has 1 heterocycles. The molecule has 0 aliphatic carbocycles. The highest BCUT2D eigenvalue weighted by molar-refractivity contribution is 5.89. The number of alkyl carbamates (subject to hydrolysis) is 1. The molecule has 0 radical (unpaired) electrons. The van der Waals surface area contributed by atoms with Gasteiger partial charge < -0.3 is 21.5 Å². The van der Waals surface area contributed by atoms with Gasteiger partial charge in [-0.3, -0.25) is 0 Å². The summed E-state index contributed by atoms with van der Waals surface area (Å²) in [5.41, 5.74) is 12.3. The molecule has 2 rings (SSSR count). The van der Waals surface area contributed by atoms with Gasteiger partial charge in [-0.25, -0.2) is 9.78 Å². The number of benzene rings is 1. The number of carbonyl (C=O) groups excluding carboxylic acids is 1. The number of fused-ring (bicyclic) bond motifs is 1. The third kappa shape index (κ3) is 3.95. The van der Waals surface area contributed by atoms with E-state index in [0.717, 1.165) is 10.9 Å². The summed E-state index contributed by atoms with van der Waals surface area (Å²) < 4.78 is 5.17. The SMILES string of the molecule is CC(C)(C)OC(=O)NCc1ccc2c(N)nc(N)nc2c1. The molecule has 0 aliphatic rings. The van der Waals surface area contributed by atoms with E-state index in [4.69, 9.17) is 16.2 Å². The van der Waals surface area contributed by atoms with Crippen molar-refractivity contribution < 1.29 is 9.53 Å². The predicted molar refractivity (Wildman–Crippen MR) is 81.4 cm³/mol. The van der Waals surface area contributed by atoms with Crippen LogP contribution in [0, 0.1) is 0 Å². The zero-order valence-electron chi connectivity index (χ0n) is 12.3. The summed E-state index contributed by atoms with van der Waals surface area (Å²) in [5, 5.41) is 3.41. The number of carbonyl (C=O) groups is 1. The molecule has 0 spiro atoms. The molecule has 0 saturated carbocycles. The van der Waals surface area contributed by atoms with Gasteiger partial charge >= 0.3 is 6.09 Å². The zero-order chi connectivity index (χ0) is 15.6. The molecule has 0 unspecified atom stereocenters. The number of ether oxygens (including phenoxy) is 1. The lowest BCUT2D eigenvalue weighted by atomic mass is 10.1. The number of nitrogen functional groups attached to an aromatic ring is 2. The van der Waals surface area contributed by atoms with Crippen molar-refractivity contribution in [1.82, 2.24) is 15.3 Å². The first-order chi connectivity index (χ1) is 9.74. The number of nitrogens with zero attached hydrogens (tertiary/aromatic N) is 2. The predicted octanol–water partition coefficient (Wildman–Crippen LogP) is 1.82. The first kappa shape index (κ1) is 14.8. The third-order valence-electron chi connectivity index (χ3n) is 2.64. The minimum Gasteiger partial charge on any atom is -0.444 e. The van der Waals surface area contributed by atoms with Crippen molar-refractivity contribution in [1.29, 1.82) is 0 Å². The molecule has 0 fully saturated rings. The number of rotatable bonds is 2. The van der Waals surface area contributed by atoms with Crippen LogP contribution >= 0.6 is 0 Å². The number of nitrogens with one attached hydrogen (secondary N) is 1. The van der Waals surface area contributed by atoms with Gasteiger partial charge in [-0.05, 0) is 38.5 Å². The fourth-order valence-electron chi connectivity index (χ4n) is 1.82. The maximum absolute atomic E-state index is 11.6. The molecule has 2 aromatic rings. The van der Waals surface area contributed by atoms with E-state index in [1.165, 1.54) is 0 Å². The maximum atomic E-state index is 11.6. The number of amides is 1. The van der Waals surface area contributed by atoms with Gasteiger partial charge in [0.2, 0.25) is 5.95 Å². The molecule has 0 aliphatic heterocycles. The number of anilines is 2. The van der Waals surface area contributed by atoms with E-state index in [1.807, 2.05) is 26.8 Å². The van der Waals surface area contributed by atoms with Crippen molar-refractivity contribution in [2.45, 2.75) is 32.9 Å². The molecule has 1 aromatic carbocycles. The van der Waals surface area contributed by atoms with E-state index in [9.17, 15) is 4.79 Å². The van der Waals surface area contributed by atoms with Crippen LogP contribution in [-0.2, 0) is 11.3 Å². The molecule has 5 N–H and O–H groups in total. The number of aromatic nitrogens is 2. The van der Waals surface area contributed by atoms with Gasteiger partial charge in [0.1, 0.15) is 11.4 Å². The molecular formula is C14H19N5O2. The number of nitrogens with two attached hydrogens (primary N) is 2.